The van der Waals surface area contributed by atoms with Crippen LogP contribution in [0.4, 0.5) is 11.4 Å². The molecule has 0 aliphatic carbocycles. The minimum atomic E-state index is -4.45. The number of nitrogens with zero attached hydrogens (tertiary/aromatic N) is 3. The van der Waals surface area contributed by atoms with Crippen LogP contribution in [0.3, 0.4) is 0 Å². The second kappa shape index (κ2) is 25.5. The van der Waals surface area contributed by atoms with Crippen LogP contribution in [0, 0.1) is 0 Å². The normalized spacial score (nSPS) is 17.5. The lowest BCUT2D eigenvalue weighted by Crippen LogP contribution is -2.46. The largest absolute Gasteiger partial charge is 0.456 e. The van der Waals surface area contributed by atoms with E-state index >= 15 is 0 Å². The summed E-state index contributed by atoms with van der Waals surface area (Å²) in [7, 11) is -2.81. The maximum absolute atomic E-state index is 12.4. The molecule has 0 saturated carbocycles. The van der Waals surface area contributed by atoms with Crippen LogP contribution < -0.4 is 9.64 Å². The minimum absolute atomic E-state index is 0.0313. The fourth-order valence-corrected chi connectivity index (χ4v) is 10.1. The SMILES string of the molecule is COCCOCCOCCOCCOCCN1c2cc3c(cc2C(C)=CC1(C)C)C(=CC=CC=CC1=[N+](CCCCCC(=O)ON2C(=O)CCC2=O)c2ccc(S(=O)(=O)O)cc2C1(C)C)C=C(c1ccccc1)O3. The Morgan fingerprint density at radius 2 is 1.46 bits per heavy atom. The minimum Gasteiger partial charge on any atom is -0.456 e. The van der Waals surface area contributed by atoms with Crippen molar-refractivity contribution in [2.75, 3.05) is 84.6 Å². The van der Waals surface area contributed by atoms with E-state index in [-0.39, 0.29) is 29.7 Å². The van der Waals surface area contributed by atoms with Gasteiger partial charge in [-0.2, -0.15) is 13.0 Å². The molecule has 4 aliphatic heterocycles. The number of fused-ring (bicyclic) bond motifs is 3. The van der Waals surface area contributed by atoms with Gasteiger partial charge in [0, 0.05) is 85.5 Å². The van der Waals surface area contributed by atoms with Crippen molar-refractivity contribution in [2.45, 2.75) is 89.0 Å². The molecule has 74 heavy (non-hydrogen) atoms. The molecule has 0 bridgehead atoms. The Bertz CT molecular complexity index is 2810. The van der Waals surface area contributed by atoms with E-state index in [1.807, 2.05) is 68.5 Å². The van der Waals surface area contributed by atoms with Gasteiger partial charge in [-0.05, 0) is 82.9 Å². The molecule has 0 unspecified atom stereocenters. The number of methoxy groups -OCH3 is 1. The van der Waals surface area contributed by atoms with Gasteiger partial charge in [0.25, 0.3) is 21.9 Å². The number of unbranched alkanes of at least 4 members (excludes halogenated alkanes) is 2. The Balaban J connectivity index is 1.06. The molecule has 396 valence electrons. The maximum Gasteiger partial charge on any atom is 0.333 e. The van der Waals surface area contributed by atoms with E-state index in [4.69, 9.17) is 33.3 Å². The van der Waals surface area contributed by atoms with Gasteiger partial charge in [0.2, 0.25) is 5.69 Å². The smallest absolute Gasteiger partial charge is 0.333 e. The second-order valence-corrected chi connectivity index (χ2v) is 20.9. The summed E-state index contributed by atoms with van der Waals surface area (Å²) in [6, 6.07) is 19.0. The van der Waals surface area contributed by atoms with Crippen molar-refractivity contribution in [3.05, 3.63) is 125 Å². The third-order valence-electron chi connectivity index (χ3n) is 13.3. The third-order valence-corrected chi connectivity index (χ3v) is 14.2. The molecular weight excluding hydrogens is 967 g/mol. The molecule has 1 fully saturated rings. The summed E-state index contributed by atoms with van der Waals surface area (Å²) < 4.78 is 71.1. The molecular formula is C57H70N3O13S+. The number of hydrogen-bond donors (Lipinski definition) is 1. The van der Waals surface area contributed by atoms with Crippen LogP contribution in [-0.4, -0.2) is 131 Å². The zero-order valence-electron chi connectivity index (χ0n) is 43.4. The summed E-state index contributed by atoms with van der Waals surface area (Å²) in [6.07, 6.45) is 16.3. The molecule has 4 heterocycles. The first-order chi connectivity index (χ1) is 35.5. The maximum atomic E-state index is 12.4. The van der Waals surface area contributed by atoms with Crippen molar-refractivity contribution in [3.8, 4) is 5.75 Å². The van der Waals surface area contributed by atoms with Gasteiger partial charge < -0.3 is 38.2 Å². The molecule has 2 amide bonds. The second-order valence-electron chi connectivity index (χ2n) is 19.5. The molecule has 0 atom stereocenters. The number of hydroxylamine groups is 2. The molecule has 16 nitrogen and oxygen atoms in total. The summed E-state index contributed by atoms with van der Waals surface area (Å²) in [5, 5.41) is 0.563. The van der Waals surface area contributed by atoms with E-state index in [2.05, 4.69) is 60.6 Å². The lowest BCUT2D eigenvalue weighted by atomic mass is 9.81. The van der Waals surface area contributed by atoms with E-state index in [1.165, 1.54) is 17.7 Å². The van der Waals surface area contributed by atoms with Gasteiger partial charge in [0.1, 0.15) is 18.1 Å². The molecule has 17 heteroatoms. The summed E-state index contributed by atoms with van der Waals surface area (Å²) in [5.74, 6) is -0.211. The van der Waals surface area contributed by atoms with Crippen molar-refractivity contribution < 1.29 is 65.2 Å². The number of anilines is 1. The molecule has 0 aromatic heterocycles. The number of allylic oxidation sites excluding steroid dienone is 8. The fraction of sp³-hybridized carbons (Fsp3) is 0.439. The number of hydrogen-bond acceptors (Lipinski definition) is 13. The number of amides is 2. The van der Waals surface area contributed by atoms with Crippen molar-refractivity contribution in [1.29, 1.82) is 0 Å². The molecule has 7 rings (SSSR count). The Kier molecular flexibility index (Phi) is 19.2. The van der Waals surface area contributed by atoms with Crippen molar-refractivity contribution >= 4 is 61.9 Å². The van der Waals surface area contributed by atoms with E-state index in [0.29, 0.717) is 96.9 Å². The van der Waals surface area contributed by atoms with Gasteiger partial charge in [-0.3, -0.25) is 14.1 Å². The number of benzene rings is 3. The fourth-order valence-electron chi connectivity index (χ4n) is 9.58. The first-order valence-electron chi connectivity index (χ1n) is 25.3. The summed E-state index contributed by atoms with van der Waals surface area (Å²) in [6.45, 7) is 16.3. The highest BCUT2D eigenvalue weighted by Gasteiger charge is 2.45. The van der Waals surface area contributed by atoms with E-state index in [9.17, 15) is 27.4 Å². The number of rotatable bonds is 27. The number of carbonyl (C=O) groups excluding carboxylic acids is 3. The summed E-state index contributed by atoms with van der Waals surface area (Å²) in [4.78, 5) is 43.5. The lowest BCUT2D eigenvalue weighted by Gasteiger charge is -2.44. The average molecular weight is 1040 g/mol. The van der Waals surface area contributed by atoms with E-state index < -0.39 is 33.3 Å². The summed E-state index contributed by atoms with van der Waals surface area (Å²) in [5.41, 5.74) is 7.74. The van der Waals surface area contributed by atoms with Crippen LogP contribution in [0.1, 0.15) is 95.4 Å². The Morgan fingerprint density at radius 3 is 2.12 bits per heavy atom. The third kappa shape index (κ3) is 14.0. The quantitative estimate of drug-likeness (QED) is 0.0252. The van der Waals surface area contributed by atoms with Gasteiger partial charge in [-0.1, -0.05) is 60.7 Å². The average Bonchev–Trinajstić information content (AvgIpc) is 3.79. The van der Waals surface area contributed by atoms with E-state index in [0.717, 1.165) is 56.4 Å². The number of ether oxygens (including phenoxy) is 6. The monoisotopic (exact) mass is 1040 g/mol. The van der Waals surface area contributed by atoms with Crippen LogP contribution in [0.2, 0.25) is 0 Å². The van der Waals surface area contributed by atoms with E-state index in [1.54, 1.807) is 13.2 Å². The predicted molar refractivity (Wildman–Crippen MR) is 283 cm³/mol. The Hall–Kier alpha value is -6.05. The molecule has 1 N–H and O–H groups in total. The number of carbonyl (C=O) groups is 3. The topological polar surface area (TPSA) is 180 Å². The van der Waals surface area contributed by atoms with Gasteiger partial charge in [-0.15, -0.1) is 5.06 Å². The standard InChI is InChI=1S/C57H69N3O13S/c1-41-40-56(2,3)59(26-27-68-30-31-70-34-35-71-33-32-69-29-28-67-6)49-39-51-46(38-45(41)49)43(36-50(72-51)42-16-10-7-11-17-42)18-12-8-13-19-52-57(4,5)47-37-44(74(64,65)66)21-22-48(47)58(52)25-15-9-14-20-55(63)73-60-53(61)23-24-54(60)62/h7-8,10-13,16-19,21-22,36-40H,9,14-15,20,23-35H2,1-6H3/p+1. The molecule has 0 spiro atoms. The zero-order chi connectivity index (χ0) is 52.9. The van der Waals surface area contributed by atoms with Crippen LogP contribution in [0.15, 0.2) is 108 Å². The van der Waals surface area contributed by atoms with Gasteiger partial charge in [0.05, 0.1) is 75.3 Å². The van der Waals surface area contributed by atoms with Crippen LogP contribution in [-0.2, 0) is 58.4 Å². The van der Waals surface area contributed by atoms with Gasteiger partial charge in [-0.25, -0.2) is 4.79 Å². The zero-order valence-corrected chi connectivity index (χ0v) is 44.2. The van der Waals surface area contributed by atoms with Crippen LogP contribution >= 0.6 is 0 Å². The molecule has 0 radical (unpaired) electrons. The first kappa shape index (κ1) is 55.7. The summed E-state index contributed by atoms with van der Waals surface area (Å²) >= 11 is 0. The van der Waals surface area contributed by atoms with Crippen LogP contribution in [0.5, 0.6) is 5.75 Å². The Labute approximate surface area is 435 Å². The number of imide groups is 1. The van der Waals surface area contributed by atoms with Crippen molar-refractivity contribution in [2.24, 2.45) is 0 Å². The molecule has 3 aromatic rings. The molecule has 3 aromatic carbocycles. The predicted octanol–water partition coefficient (Wildman–Crippen LogP) is 8.82. The van der Waals surface area contributed by atoms with Crippen molar-refractivity contribution in [3.63, 3.8) is 0 Å². The van der Waals surface area contributed by atoms with Crippen molar-refractivity contribution in [1.82, 2.24) is 5.06 Å². The van der Waals surface area contributed by atoms with Gasteiger partial charge >= 0.3 is 5.97 Å². The highest BCUT2D eigenvalue weighted by atomic mass is 32.2. The van der Waals surface area contributed by atoms with Gasteiger partial charge in [0.15, 0.2) is 5.71 Å². The highest BCUT2D eigenvalue weighted by molar-refractivity contribution is 7.85. The first-order valence-corrected chi connectivity index (χ1v) is 26.7. The highest BCUT2D eigenvalue weighted by Crippen LogP contribution is 2.47. The lowest BCUT2D eigenvalue weighted by molar-refractivity contribution is -0.438. The van der Waals surface area contributed by atoms with Crippen LogP contribution in [0.25, 0.3) is 16.9 Å². The Morgan fingerprint density at radius 1 is 0.797 bits per heavy atom. The molecule has 4 aliphatic rings. The molecule has 1 saturated heterocycles.